The van der Waals surface area contributed by atoms with Crippen molar-refractivity contribution in [3.05, 3.63) is 34.3 Å². The molecule has 0 heterocycles. The first kappa shape index (κ1) is 8.91. The maximum absolute atomic E-state index is 5.93. The summed E-state index contributed by atoms with van der Waals surface area (Å²) in [7, 11) is 0. The molecule has 0 fully saturated rings. The molecule has 0 unspecified atom stereocenters. The van der Waals surface area contributed by atoms with Crippen LogP contribution in [0.15, 0.2) is 18.2 Å². The van der Waals surface area contributed by atoms with Crippen molar-refractivity contribution in [2.75, 3.05) is 0 Å². The molecule has 60 valence electrons. The van der Waals surface area contributed by atoms with Gasteiger partial charge in [0.05, 0.1) is 0 Å². The summed E-state index contributed by atoms with van der Waals surface area (Å²) >= 11 is 9.85. The molecule has 1 rings (SSSR count). The Morgan fingerprint density at radius 1 is 1.55 bits per heavy atom. The zero-order valence-electron chi connectivity index (χ0n) is 6.26. The summed E-state index contributed by atoms with van der Waals surface area (Å²) in [4.78, 5) is 0. The van der Waals surface area contributed by atoms with Crippen molar-refractivity contribution in [1.82, 2.24) is 4.72 Å². The molecule has 11 heavy (non-hydrogen) atoms. The zero-order valence-corrected chi connectivity index (χ0v) is 7.91. The number of rotatable bonds is 2. The van der Waals surface area contributed by atoms with Crippen molar-refractivity contribution >= 4 is 24.4 Å². The van der Waals surface area contributed by atoms with E-state index >= 15 is 0 Å². The second kappa shape index (κ2) is 4.00. The summed E-state index contributed by atoms with van der Waals surface area (Å²) < 4.78 is 2.78. The van der Waals surface area contributed by atoms with Gasteiger partial charge in [-0.25, -0.2) is 0 Å². The van der Waals surface area contributed by atoms with Crippen LogP contribution >= 0.6 is 24.4 Å². The molecule has 0 spiro atoms. The lowest BCUT2D eigenvalue weighted by Gasteiger charge is -2.05. The lowest BCUT2D eigenvalue weighted by atomic mass is 10.1. The summed E-state index contributed by atoms with van der Waals surface area (Å²) in [6, 6.07) is 5.86. The van der Waals surface area contributed by atoms with Crippen LogP contribution in [0.1, 0.15) is 11.1 Å². The lowest BCUT2D eigenvalue weighted by Crippen LogP contribution is -2.01. The standard InChI is InChI=1S/C8H10ClNS/c1-6-3-2-4-8(9)7(6)5-10-11/h2-4,10-11H,5H2,1H3. The van der Waals surface area contributed by atoms with Crippen LogP contribution in [0, 0.1) is 6.92 Å². The Bertz CT molecular complexity index is 230. The third-order valence-electron chi connectivity index (χ3n) is 1.61. The monoisotopic (exact) mass is 187 g/mol. The van der Waals surface area contributed by atoms with E-state index in [4.69, 9.17) is 11.6 Å². The minimum Gasteiger partial charge on any atom is -0.262 e. The van der Waals surface area contributed by atoms with Gasteiger partial charge < -0.3 is 0 Å². The Hall–Kier alpha value is -0.180. The van der Waals surface area contributed by atoms with Gasteiger partial charge in [-0.3, -0.25) is 4.72 Å². The number of nitrogens with one attached hydrogen (secondary N) is 1. The van der Waals surface area contributed by atoms with Crippen LogP contribution in [-0.2, 0) is 6.54 Å². The smallest absolute Gasteiger partial charge is 0.0453 e. The van der Waals surface area contributed by atoms with Gasteiger partial charge in [0.25, 0.3) is 0 Å². The van der Waals surface area contributed by atoms with Gasteiger partial charge in [-0.2, -0.15) is 0 Å². The molecular formula is C8H10ClNS. The first-order valence-electron chi connectivity index (χ1n) is 3.36. The Morgan fingerprint density at radius 3 is 2.82 bits per heavy atom. The molecule has 0 saturated heterocycles. The normalized spacial score (nSPS) is 10.1. The van der Waals surface area contributed by atoms with Crippen molar-refractivity contribution < 1.29 is 0 Å². The number of benzene rings is 1. The van der Waals surface area contributed by atoms with Gasteiger partial charge in [0.1, 0.15) is 0 Å². The minimum absolute atomic E-state index is 0.703. The fraction of sp³-hybridized carbons (Fsp3) is 0.250. The SMILES string of the molecule is Cc1cccc(Cl)c1CNS. The van der Waals surface area contributed by atoms with Crippen LogP contribution in [0.3, 0.4) is 0 Å². The Labute approximate surface area is 77.3 Å². The van der Waals surface area contributed by atoms with Gasteiger partial charge in [-0.1, -0.05) is 36.5 Å². The summed E-state index contributed by atoms with van der Waals surface area (Å²) in [5, 5.41) is 0.798. The predicted molar refractivity (Wildman–Crippen MR) is 52.0 cm³/mol. The first-order chi connectivity index (χ1) is 5.25. The molecule has 0 radical (unpaired) electrons. The predicted octanol–water partition coefficient (Wildman–Crippen LogP) is 2.58. The second-order valence-electron chi connectivity index (χ2n) is 2.37. The van der Waals surface area contributed by atoms with Gasteiger partial charge in [-0.05, 0) is 24.1 Å². The van der Waals surface area contributed by atoms with E-state index in [2.05, 4.69) is 17.5 Å². The van der Waals surface area contributed by atoms with Crippen LogP contribution in [0.25, 0.3) is 0 Å². The van der Waals surface area contributed by atoms with Crippen LogP contribution < -0.4 is 4.72 Å². The van der Waals surface area contributed by atoms with Crippen molar-refractivity contribution in [1.29, 1.82) is 0 Å². The summed E-state index contributed by atoms with van der Waals surface area (Å²) in [6.45, 7) is 2.74. The van der Waals surface area contributed by atoms with E-state index in [1.54, 1.807) is 0 Å². The van der Waals surface area contributed by atoms with Gasteiger partial charge in [0.15, 0.2) is 0 Å². The first-order valence-corrected chi connectivity index (χ1v) is 4.19. The van der Waals surface area contributed by atoms with Crippen LogP contribution in [-0.4, -0.2) is 0 Å². The molecule has 0 aliphatic rings. The molecule has 0 bridgehead atoms. The third kappa shape index (κ3) is 2.12. The number of halogens is 1. The number of hydrogen-bond acceptors (Lipinski definition) is 2. The summed E-state index contributed by atoms with van der Waals surface area (Å²) in [5.41, 5.74) is 2.31. The summed E-state index contributed by atoms with van der Waals surface area (Å²) in [6.07, 6.45) is 0. The highest BCUT2D eigenvalue weighted by Gasteiger charge is 2.00. The number of thiol groups is 1. The highest BCUT2D eigenvalue weighted by Crippen LogP contribution is 2.18. The Balaban J connectivity index is 3.00. The van der Waals surface area contributed by atoms with E-state index in [1.165, 1.54) is 5.56 Å². The Morgan fingerprint density at radius 2 is 2.27 bits per heavy atom. The zero-order chi connectivity index (χ0) is 8.27. The van der Waals surface area contributed by atoms with Gasteiger partial charge in [0.2, 0.25) is 0 Å². The van der Waals surface area contributed by atoms with Gasteiger partial charge in [0, 0.05) is 11.6 Å². The Kier molecular flexibility index (Phi) is 3.24. The molecule has 0 saturated carbocycles. The van der Waals surface area contributed by atoms with Crippen molar-refractivity contribution in [3.63, 3.8) is 0 Å². The average Bonchev–Trinajstić information content (AvgIpc) is 1.97. The molecule has 0 aliphatic carbocycles. The van der Waals surface area contributed by atoms with Gasteiger partial charge in [-0.15, -0.1) is 0 Å². The fourth-order valence-electron chi connectivity index (χ4n) is 0.969. The number of hydrogen-bond donors (Lipinski definition) is 2. The molecule has 0 atom stereocenters. The molecule has 0 amide bonds. The van der Waals surface area contributed by atoms with E-state index in [9.17, 15) is 0 Å². The maximum Gasteiger partial charge on any atom is 0.0453 e. The van der Waals surface area contributed by atoms with E-state index in [0.717, 1.165) is 10.6 Å². The lowest BCUT2D eigenvalue weighted by molar-refractivity contribution is 0.971. The van der Waals surface area contributed by atoms with Crippen molar-refractivity contribution in [2.24, 2.45) is 0 Å². The molecule has 1 aromatic carbocycles. The molecule has 1 N–H and O–H groups in total. The van der Waals surface area contributed by atoms with Crippen LogP contribution in [0.5, 0.6) is 0 Å². The molecule has 0 aliphatic heterocycles. The molecule has 0 aromatic heterocycles. The van der Waals surface area contributed by atoms with Crippen molar-refractivity contribution in [2.45, 2.75) is 13.5 Å². The topological polar surface area (TPSA) is 12.0 Å². The van der Waals surface area contributed by atoms with E-state index in [1.807, 2.05) is 25.1 Å². The van der Waals surface area contributed by atoms with Crippen LogP contribution in [0.2, 0.25) is 5.02 Å². The fourth-order valence-corrected chi connectivity index (χ4v) is 1.42. The third-order valence-corrected chi connectivity index (χ3v) is 2.12. The largest absolute Gasteiger partial charge is 0.262 e. The maximum atomic E-state index is 5.93. The highest BCUT2D eigenvalue weighted by molar-refractivity contribution is 7.78. The van der Waals surface area contributed by atoms with Crippen LogP contribution in [0.4, 0.5) is 0 Å². The quantitative estimate of drug-likeness (QED) is 0.679. The van der Waals surface area contributed by atoms with Crippen molar-refractivity contribution in [3.8, 4) is 0 Å². The van der Waals surface area contributed by atoms with E-state index in [-0.39, 0.29) is 0 Å². The number of aryl methyl sites for hydroxylation is 1. The molecule has 3 heteroatoms. The average molecular weight is 188 g/mol. The minimum atomic E-state index is 0.703. The molecule has 1 nitrogen and oxygen atoms in total. The van der Waals surface area contributed by atoms with E-state index < -0.39 is 0 Å². The second-order valence-corrected chi connectivity index (χ2v) is 3.09. The molecule has 1 aromatic rings. The van der Waals surface area contributed by atoms with Gasteiger partial charge >= 0.3 is 0 Å². The van der Waals surface area contributed by atoms with E-state index in [0.29, 0.717) is 6.54 Å². The highest BCUT2D eigenvalue weighted by atomic mass is 35.5. The molecular weight excluding hydrogens is 178 g/mol. The summed E-state index contributed by atoms with van der Waals surface area (Å²) in [5.74, 6) is 0.